The van der Waals surface area contributed by atoms with Crippen LogP contribution in [0.5, 0.6) is 0 Å². The molecular weight excluding hydrogens is 567 g/mol. The molecule has 2 aromatic heterocycles. The van der Waals surface area contributed by atoms with E-state index in [1.807, 2.05) is 6.92 Å². The van der Waals surface area contributed by atoms with Crippen LogP contribution in [0.4, 0.5) is 10.1 Å². The largest absolute Gasteiger partial charge is 0.312 e. The number of anilines is 1. The highest BCUT2D eigenvalue weighted by Crippen LogP contribution is 2.60. The number of aromatic nitrogens is 3. The van der Waals surface area contributed by atoms with Gasteiger partial charge in [-0.3, -0.25) is 9.48 Å². The SMILES string of the molecule is Cc1nc2ccc(-c3cccc(N(CC45CCC(c6cc(C7CC7)n(C)n6)(CC4)CC5)C(=O)[C@H]4CC5(F)CC4C5)c3)cc2s1. The number of halogens is 1. The molecular formula is C37H41FN4OS. The molecule has 4 bridgehead atoms. The fourth-order valence-electron chi connectivity index (χ4n) is 9.47. The molecule has 44 heavy (non-hydrogen) atoms. The highest BCUT2D eigenvalue weighted by atomic mass is 32.1. The first-order valence-corrected chi connectivity index (χ1v) is 17.5. The molecule has 11 rings (SSSR count). The van der Waals surface area contributed by atoms with E-state index in [9.17, 15) is 4.79 Å². The molecule has 0 spiro atoms. The first-order valence-electron chi connectivity index (χ1n) is 16.7. The third-order valence-electron chi connectivity index (χ3n) is 12.3. The first kappa shape index (κ1) is 27.3. The van der Waals surface area contributed by atoms with Crippen molar-refractivity contribution >= 4 is 33.1 Å². The fraction of sp³-hybridized carbons (Fsp3) is 0.541. The summed E-state index contributed by atoms with van der Waals surface area (Å²) in [6.45, 7) is 2.78. The van der Waals surface area contributed by atoms with Crippen LogP contribution in [0.15, 0.2) is 48.5 Å². The molecule has 0 unspecified atom stereocenters. The van der Waals surface area contributed by atoms with Crippen LogP contribution in [-0.2, 0) is 17.3 Å². The Hall–Kier alpha value is -3.06. The van der Waals surface area contributed by atoms with Gasteiger partial charge in [0.2, 0.25) is 5.91 Å². The number of thiazole rings is 1. The zero-order valence-corrected chi connectivity index (χ0v) is 26.6. The van der Waals surface area contributed by atoms with Crippen LogP contribution in [0, 0.1) is 24.2 Å². The third-order valence-corrected chi connectivity index (χ3v) is 13.3. The van der Waals surface area contributed by atoms with E-state index < -0.39 is 5.67 Å². The molecule has 7 fully saturated rings. The van der Waals surface area contributed by atoms with Gasteiger partial charge in [-0.2, -0.15) is 5.10 Å². The van der Waals surface area contributed by atoms with E-state index in [2.05, 4.69) is 70.1 Å². The van der Waals surface area contributed by atoms with E-state index in [0.717, 1.165) is 72.4 Å². The predicted octanol–water partition coefficient (Wildman–Crippen LogP) is 8.65. The maximum atomic E-state index is 15.1. The van der Waals surface area contributed by atoms with Crippen LogP contribution in [0.3, 0.4) is 0 Å². The smallest absolute Gasteiger partial charge is 0.230 e. The van der Waals surface area contributed by atoms with E-state index in [1.54, 1.807) is 11.3 Å². The molecule has 0 saturated heterocycles. The number of rotatable bonds is 7. The van der Waals surface area contributed by atoms with E-state index in [1.165, 1.54) is 28.9 Å². The van der Waals surface area contributed by atoms with Gasteiger partial charge < -0.3 is 4.90 Å². The van der Waals surface area contributed by atoms with Crippen LogP contribution in [0.2, 0.25) is 0 Å². The van der Waals surface area contributed by atoms with Crippen LogP contribution >= 0.6 is 11.3 Å². The highest BCUT2D eigenvalue weighted by molar-refractivity contribution is 7.18. The lowest BCUT2D eigenvalue weighted by molar-refractivity contribution is -0.123. The topological polar surface area (TPSA) is 51.0 Å². The average Bonchev–Trinajstić information content (AvgIpc) is 3.35. The summed E-state index contributed by atoms with van der Waals surface area (Å²) in [6, 6.07) is 17.4. The van der Waals surface area contributed by atoms with E-state index in [-0.39, 0.29) is 28.6 Å². The van der Waals surface area contributed by atoms with Gasteiger partial charge in [-0.05, 0) is 130 Å². The zero-order valence-electron chi connectivity index (χ0n) is 25.8. The van der Waals surface area contributed by atoms with Gasteiger partial charge in [-0.15, -0.1) is 11.3 Å². The van der Waals surface area contributed by atoms with Gasteiger partial charge in [0.05, 0.1) is 20.9 Å². The second kappa shape index (κ2) is 9.48. The number of hydrogen-bond donors (Lipinski definition) is 0. The second-order valence-electron chi connectivity index (χ2n) is 15.2. The minimum atomic E-state index is -1.11. The van der Waals surface area contributed by atoms with Crippen LogP contribution in [-0.4, -0.2) is 32.9 Å². The lowest BCUT2D eigenvalue weighted by Crippen LogP contribution is -2.51. The van der Waals surface area contributed by atoms with E-state index in [0.29, 0.717) is 25.2 Å². The normalized spacial score (nSPS) is 32.2. The van der Waals surface area contributed by atoms with Gasteiger partial charge in [0.15, 0.2) is 0 Å². The lowest BCUT2D eigenvalue weighted by atomic mass is 9.52. The Morgan fingerprint density at radius 3 is 2.45 bits per heavy atom. The number of aryl methyl sites for hydroxylation is 2. The molecule has 7 aliphatic carbocycles. The quantitative estimate of drug-likeness (QED) is 0.211. The molecule has 1 atom stereocenters. The maximum Gasteiger partial charge on any atom is 0.230 e. The number of nitrogens with zero attached hydrogens (tertiary/aromatic N) is 4. The predicted molar refractivity (Wildman–Crippen MR) is 174 cm³/mol. The number of benzene rings is 2. The fourth-order valence-corrected chi connectivity index (χ4v) is 10.3. The van der Waals surface area contributed by atoms with Crippen molar-refractivity contribution in [2.75, 3.05) is 11.4 Å². The van der Waals surface area contributed by atoms with Crippen molar-refractivity contribution in [1.29, 1.82) is 0 Å². The molecule has 7 aliphatic rings. The van der Waals surface area contributed by atoms with Crippen LogP contribution < -0.4 is 4.90 Å². The summed E-state index contributed by atoms with van der Waals surface area (Å²) in [7, 11) is 2.12. The van der Waals surface area contributed by atoms with Gasteiger partial charge in [0.1, 0.15) is 5.67 Å². The molecule has 2 aromatic carbocycles. The Morgan fingerprint density at radius 2 is 1.75 bits per heavy atom. The van der Waals surface area contributed by atoms with E-state index >= 15 is 4.39 Å². The maximum absolute atomic E-state index is 15.1. The number of carbonyl (C=O) groups is 1. The summed E-state index contributed by atoms with van der Waals surface area (Å²) in [4.78, 5) is 21.2. The Balaban J connectivity index is 1.02. The highest BCUT2D eigenvalue weighted by Gasteiger charge is 2.60. The average molecular weight is 609 g/mol. The summed E-state index contributed by atoms with van der Waals surface area (Å²) in [5.74, 6) is 0.853. The van der Waals surface area contributed by atoms with Gasteiger partial charge >= 0.3 is 0 Å². The van der Waals surface area contributed by atoms with Crippen molar-refractivity contribution in [3.8, 4) is 11.1 Å². The van der Waals surface area contributed by atoms with Crippen molar-refractivity contribution in [2.24, 2.45) is 24.3 Å². The molecule has 2 heterocycles. The minimum Gasteiger partial charge on any atom is -0.312 e. The molecule has 1 amide bonds. The van der Waals surface area contributed by atoms with Crippen molar-refractivity contribution in [3.05, 3.63) is 64.9 Å². The van der Waals surface area contributed by atoms with Gasteiger partial charge in [-0.25, -0.2) is 9.37 Å². The minimum absolute atomic E-state index is 0.107. The van der Waals surface area contributed by atoms with E-state index in [4.69, 9.17) is 5.10 Å². The first-order chi connectivity index (χ1) is 21.2. The standard InChI is InChI=1S/C37H41FN4OS/c1-23-39-30-9-8-26(17-32(30)44-23)25-4-3-5-28(16-25)42(34(43)29-21-37(38)19-27(29)20-37)22-35-10-13-36(14-11-35,15-12-35)33-18-31(24-6-7-24)41(2)40-33/h3-5,8-9,16-18,24,27,29H,6-7,10-15,19-22H2,1-2H3/t27?,29-,35?,36?,37?/m0/s1. The van der Waals surface area contributed by atoms with Crippen molar-refractivity contribution < 1.29 is 9.18 Å². The number of carbonyl (C=O) groups excluding carboxylic acids is 1. The summed E-state index contributed by atoms with van der Waals surface area (Å²) >= 11 is 1.72. The molecule has 7 heteroatoms. The number of alkyl halides is 1. The van der Waals surface area contributed by atoms with Crippen LogP contribution in [0.25, 0.3) is 21.3 Å². The Bertz CT molecular complexity index is 1770. The summed E-state index contributed by atoms with van der Waals surface area (Å²) in [5, 5.41) is 6.13. The Kier molecular flexibility index (Phi) is 5.87. The third kappa shape index (κ3) is 4.32. The van der Waals surface area contributed by atoms with Crippen LogP contribution in [0.1, 0.15) is 92.9 Å². The van der Waals surface area contributed by atoms with Gasteiger partial charge in [0.25, 0.3) is 0 Å². The number of amides is 1. The Labute approximate surface area is 262 Å². The van der Waals surface area contributed by atoms with Crippen molar-refractivity contribution in [2.45, 2.75) is 94.6 Å². The molecule has 4 aromatic rings. The molecule has 7 saturated carbocycles. The number of fused-ring (bicyclic) bond motifs is 5. The monoisotopic (exact) mass is 608 g/mol. The summed E-state index contributed by atoms with van der Waals surface area (Å²) in [6.07, 6.45) is 10.9. The molecule has 0 aliphatic heterocycles. The number of hydrogen-bond acceptors (Lipinski definition) is 4. The van der Waals surface area contributed by atoms with Gasteiger partial charge in [-0.1, -0.05) is 18.2 Å². The summed E-state index contributed by atoms with van der Waals surface area (Å²) in [5.41, 5.74) is 6.14. The Morgan fingerprint density at radius 1 is 1.00 bits per heavy atom. The van der Waals surface area contributed by atoms with Gasteiger partial charge in [0, 0.05) is 42.2 Å². The van der Waals surface area contributed by atoms with Crippen molar-refractivity contribution in [3.63, 3.8) is 0 Å². The zero-order chi connectivity index (χ0) is 29.8. The molecule has 0 radical (unpaired) electrons. The lowest BCUT2D eigenvalue weighted by Gasteiger charge is -2.54. The van der Waals surface area contributed by atoms with Crippen molar-refractivity contribution in [1.82, 2.24) is 14.8 Å². The second-order valence-corrected chi connectivity index (χ2v) is 16.4. The molecule has 0 N–H and O–H groups in total. The molecule has 5 nitrogen and oxygen atoms in total. The molecule has 228 valence electrons. The summed E-state index contributed by atoms with van der Waals surface area (Å²) < 4.78 is 18.4.